The van der Waals surface area contributed by atoms with Gasteiger partial charge in [-0.1, -0.05) is 26.8 Å². The van der Waals surface area contributed by atoms with E-state index >= 15 is 0 Å². The van der Waals surface area contributed by atoms with Crippen LogP contribution in [0.4, 0.5) is 10.5 Å². The molecule has 1 aromatic carbocycles. The van der Waals surface area contributed by atoms with Gasteiger partial charge >= 0.3 is 12.0 Å². The third-order valence-corrected chi connectivity index (χ3v) is 2.98. The predicted octanol–water partition coefficient (Wildman–Crippen LogP) is 2.91. The molecule has 0 radical (unpaired) electrons. The number of urea groups is 1. The minimum absolute atomic E-state index is 0.144. The Balaban J connectivity index is 2.60. The molecule has 0 aliphatic heterocycles. The normalized spacial score (nSPS) is 11.9. The van der Waals surface area contributed by atoms with Gasteiger partial charge in [-0.3, -0.25) is 4.79 Å². The van der Waals surface area contributed by atoms with Gasteiger partial charge in [-0.25, -0.2) is 4.79 Å². The Morgan fingerprint density at radius 2 is 2.00 bits per heavy atom. The molecule has 1 rings (SSSR count). The summed E-state index contributed by atoms with van der Waals surface area (Å²) in [6.07, 6.45) is 0. The number of carbonyl (C=O) groups excluding carboxylic acids is 1. The molecule has 122 valence electrons. The number of rotatable bonds is 7. The first-order chi connectivity index (χ1) is 10.3. The summed E-state index contributed by atoms with van der Waals surface area (Å²) in [5, 5.41) is 11.6. The molecule has 0 spiro atoms. The molecule has 0 saturated carbocycles. The summed E-state index contributed by atoms with van der Waals surface area (Å²) >= 11 is 0. The molecule has 6 heteroatoms. The predicted molar refractivity (Wildman–Crippen MR) is 85.2 cm³/mol. The van der Waals surface area contributed by atoms with Crippen LogP contribution in [0.15, 0.2) is 24.3 Å². The largest absolute Gasteiger partial charge is 0.493 e. The number of hydrogen-bond donors (Lipinski definition) is 2. The molecule has 0 bridgehead atoms. The number of carboxylic acids is 1. The molecule has 0 aliphatic rings. The first kappa shape index (κ1) is 17.8. The lowest BCUT2D eigenvalue weighted by molar-refractivity contribution is -0.141. The van der Waals surface area contributed by atoms with E-state index in [0.717, 1.165) is 0 Å². The number of carbonyl (C=O) groups is 2. The fourth-order valence-corrected chi connectivity index (χ4v) is 1.72. The van der Waals surface area contributed by atoms with E-state index in [9.17, 15) is 9.59 Å². The Bertz CT molecular complexity index is 517. The number of nitrogens with zero attached hydrogens (tertiary/aromatic N) is 1. The van der Waals surface area contributed by atoms with Gasteiger partial charge in [0.2, 0.25) is 0 Å². The second kappa shape index (κ2) is 8.26. The molecule has 1 atom stereocenters. The van der Waals surface area contributed by atoms with Crippen molar-refractivity contribution in [1.82, 2.24) is 4.90 Å². The SMILES string of the molecule is CC(C)COc1cccc(NC(=O)N(C)CC(C)C(=O)O)c1. The molecule has 0 aromatic heterocycles. The Morgan fingerprint density at radius 3 is 2.59 bits per heavy atom. The average molecular weight is 308 g/mol. The van der Waals surface area contributed by atoms with Gasteiger partial charge in [0.15, 0.2) is 0 Å². The van der Waals surface area contributed by atoms with Crippen LogP contribution < -0.4 is 10.1 Å². The van der Waals surface area contributed by atoms with E-state index < -0.39 is 11.9 Å². The van der Waals surface area contributed by atoms with Crippen LogP contribution in [0.2, 0.25) is 0 Å². The Hall–Kier alpha value is -2.24. The molecular weight excluding hydrogens is 284 g/mol. The van der Waals surface area contributed by atoms with Crippen molar-refractivity contribution < 1.29 is 19.4 Å². The van der Waals surface area contributed by atoms with Crippen molar-refractivity contribution in [3.05, 3.63) is 24.3 Å². The standard InChI is InChI=1S/C16H24N2O4/c1-11(2)10-22-14-7-5-6-13(8-14)17-16(21)18(4)9-12(3)15(19)20/h5-8,11-12H,9-10H2,1-4H3,(H,17,21)(H,19,20). The van der Waals surface area contributed by atoms with Crippen molar-refractivity contribution in [2.45, 2.75) is 20.8 Å². The first-order valence-electron chi connectivity index (χ1n) is 7.27. The van der Waals surface area contributed by atoms with Crippen molar-refractivity contribution in [3.8, 4) is 5.75 Å². The number of amides is 2. The molecule has 2 N–H and O–H groups in total. The highest BCUT2D eigenvalue weighted by Gasteiger charge is 2.17. The van der Waals surface area contributed by atoms with Crippen LogP contribution >= 0.6 is 0 Å². The average Bonchev–Trinajstić information content (AvgIpc) is 2.45. The van der Waals surface area contributed by atoms with E-state index in [0.29, 0.717) is 24.0 Å². The van der Waals surface area contributed by atoms with Crippen LogP contribution in [0.25, 0.3) is 0 Å². The molecule has 1 aromatic rings. The topological polar surface area (TPSA) is 78.9 Å². The van der Waals surface area contributed by atoms with Crippen LogP contribution in [0.3, 0.4) is 0 Å². The lowest BCUT2D eigenvalue weighted by Crippen LogP contribution is -2.36. The van der Waals surface area contributed by atoms with Crippen LogP contribution in [-0.2, 0) is 4.79 Å². The van der Waals surface area contributed by atoms with Crippen LogP contribution in [-0.4, -0.2) is 42.2 Å². The van der Waals surface area contributed by atoms with Crippen LogP contribution in [0.5, 0.6) is 5.75 Å². The monoisotopic (exact) mass is 308 g/mol. The molecule has 0 aliphatic carbocycles. The van der Waals surface area contributed by atoms with Gasteiger partial charge in [-0.05, 0) is 18.1 Å². The molecule has 6 nitrogen and oxygen atoms in total. The highest BCUT2D eigenvalue weighted by atomic mass is 16.5. The summed E-state index contributed by atoms with van der Waals surface area (Å²) in [6, 6.07) is 6.78. The smallest absolute Gasteiger partial charge is 0.321 e. The molecule has 0 heterocycles. The Kier molecular flexibility index (Phi) is 6.69. The van der Waals surface area contributed by atoms with Crippen molar-refractivity contribution in [3.63, 3.8) is 0 Å². The minimum Gasteiger partial charge on any atom is -0.493 e. The number of nitrogens with one attached hydrogen (secondary N) is 1. The summed E-state index contributed by atoms with van der Waals surface area (Å²) < 4.78 is 5.60. The molecule has 0 saturated heterocycles. The molecule has 2 amide bonds. The summed E-state index contributed by atoms with van der Waals surface area (Å²) in [6.45, 7) is 6.43. The third kappa shape index (κ3) is 6.03. The van der Waals surface area contributed by atoms with E-state index in [1.807, 2.05) is 6.07 Å². The van der Waals surface area contributed by atoms with Gasteiger partial charge in [0.05, 0.1) is 12.5 Å². The zero-order valence-electron chi connectivity index (χ0n) is 13.5. The van der Waals surface area contributed by atoms with E-state index in [1.54, 1.807) is 32.2 Å². The lowest BCUT2D eigenvalue weighted by atomic mass is 10.2. The maximum absolute atomic E-state index is 12.0. The third-order valence-electron chi connectivity index (χ3n) is 2.98. The van der Waals surface area contributed by atoms with Crippen LogP contribution in [0.1, 0.15) is 20.8 Å². The second-order valence-electron chi connectivity index (χ2n) is 5.78. The van der Waals surface area contributed by atoms with Gasteiger partial charge < -0.3 is 20.1 Å². The Labute approximate surface area is 131 Å². The van der Waals surface area contributed by atoms with Crippen molar-refractivity contribution in [1.29, 1.82) is 0 Å². The fourth-order valence-electron chi connectivity index (χ4n) is 1.72. The minimum atomic E-state index is -0.927. The van der Waals surface area contributed by atoms with E-state index in [4.69, 9.17) is 9.84 Å². The quantitative estimate of drug-likeness (QED) is 0.812. The van der Waals surface area contributed by atoms with E-state index in [2.05, 4.69) is 19.2 Å². The Morgan fingerprint density at radius 1 is 1.32 bits per heavy atom. The van der Waals surface area contributed by atoms with Crippen LogP contribution in [0, 0.1) is 11.8 Å². The van der Waals surface area contributed by atoms with Gasteiger partial charge in [-0.2, -0.15) is 0 Å². The van der Waals surface area contributed by atoms with Gasteiger partial charge in [0.1, 0.15) is 5.75 Å². The molecule has 1 unspecified atom stereocenters. The highest BCUT2D eigenvalue weighted by Crippen LogP contribution is 2.18. The zero-order valence-corrected chi connectivity index (χ0v) is 13.5. The maximum Gasteiger partial charge on any atom is 0.321 e. The molecule has 0 fully saturated rings. The lowest BCUT2D eigenvalue weighted by Gasteiger charge is -2.20. The van der Waals surface area contributed by atoms with Gasteiger partial charge in [0, 0.05) is 25.3 Å². The summed E-state index contributed by atoms with van der Waals surface area (Å²) in [5.41, 5.74) is 0.612. The van der Waals surface area contributed by atoms with Gasteiger partial charge in [0.25, 0.3) is 0 Å². The highest BCUT2D eigenvalue weighted by molar-refractivity contribution is 5.89. The van der Waals surface area contributed by atoms with Crippen molar-refractivity contribution in [2.24, 2.45) is 11.8 Å². The van der Waals surface area contributed by atoms with Crippen molar-refractivity contribution >= 4 is 17.7 Å². The van der Waals surface area contributed by atoms with Gasteiger partial charge in [-0.15, -0.1) is 0 Å². The number of anilines is 1. The van der Waals surface area contributed by atoms with E-state index in [1.165, 1.54) is 4.90 Å². The number of aliphatic carboxylic acids is 1. The van der Waals surface area contributed by atoms with Crippen molar-refractivity contribution in [2.75, 3.05) is 25.5 Å². The molecule has 22 heavy (non-hydrogen) atoms. The first-order valence-corrected chi connectivity index (χ1v) is 7.27. The summed E-state index contributed by atoms with van der Waals surface area (Å²) in [7, 11) is 1.56. The molecular formula is C16H24N2O4. The second-order valence-corrected chi connectivity index (χ2v) is 5.78. The number of ether oxygens (including phenoxy) is 1. The van der Waals surface area contributed by atoms with E-state index in [-0.39, 0.29) is 12.6 Å². The summed E-state index contributed by atoms with van der Waals surface area (Å²) in [5.74, 6) is -0.435. The number of benzene rings is 1. The zero-order chi connectivity index (χ0) is 16.7. The fraction of sp³-hybridized carbons (Fsp3) is 0.500. The number of carboxylic acid groups (broad SMARTS) is 1. The maximum atomic E-state index is 12.0. The summed E-state index contributed by atoms with van der Waals surface area (Å²) in [4.78, 5) is 24.2. The number of hydrogen-bond acceptors (Lipinski definition) is 3.